The number of hydrogen-bond acceptors (Lipinski definition) is 5. The van der Waals surface area contributed by atoms with Crippen LogP contribution in [0, 0.1) is 0 Å². The van der Waals surface area contributed by atoms with Crippen molar-refractivity contribution >= 4 is 21.8 Å². The molecule has 4 rings (SSSR count). The Morgan fingerprint density at radius 1 is 0.968 bits per heavy atom. The molecule has 1 aromatic heterocycles. The molecule has 2 aromatic carbocycles. The van der Waals surface area contributed by atoms with Gasteiger partial charge in [-0.15, -0.1) is 0 Å². The smallest absolute Gasteiger partial charge is 0.289 e. The van der Waals surface area contributed by atoms with Crippen LogP contribution in [0.15, 0.2) is 69.6 Å². The zero-order chi connectivity index (χ0) is 21.6. The van der Waals surface area contributed by atoms with Crippen molar-refractivity contribution in [3.05, 3.63) is 82.2 Å². The van der Waals surface area contributed by atoms with Gasteiger partial charge >= 0.3 is 0 Å². The van der Waals surface area contributed by atoms with E-state index in [1.54, 1.807) is 19.2 Å². The third-order valence-electron chi connectivity index (χ3n) is 5.32. The largest absolute Gasteiger partial charge is 0.497 e. The molecule has 2 heterocycles. The molecule has 31 heavy (non-hydrogen) atoms. The summed E-state index contributed by atoms with van der Waals surface area (Å²) in [4.78, 5) is 17.0. The Balaban J connectivity index is 1.27. The summed E-state index contributed by atoms with van der Waals surface area (Å²) in [5.74, 6) is 2.39. The van der Waals surface area contributed by atoms with Gasteiger partial charge in [-0.25, -0.2) is 0 Å². The van der Waals surface area contributed by atoms with E-state index >= 15 is 0 Å². The molecular formula is C24H25BrN2O4. The van der Waals surface area contributed by atoms with Crippen LogP contribution in [-0.4, -0.2) is 49.0 Å². The first-order valence-electron chi connectivity index (χ1n) is 10.2. The van der Waals surface area contributed by atoms with Crippen LogP contribution in [0.1, 0.15) is 21.9 Å². The summed E-state index contributed by atoms with van der Waals surface area (Å²) < 4.78 is 17.7. The van der Waals surface area contributed by atoms with E-state index in [-0.39, 0.29) is 12.5 Å². The van der Waals surface area contributed by atoms with Crippen molar-refractivity contribution in [3.8, 4) is 11.5 Å². The third kappa shape index (κ3) is 5.48. The highest BCUT2D eigenvalue weighted by molar-refractivity contribution is 9.10. The molecule has 7 heteroatoms. The number of carbonyl (C=O) groups is 1. The normalized spacial score (nSPS) is 14.5. The van der Waals surface area contributed by atoms with E-state index in [4.69, 9.17) is 13.9 Å². The predicted octanol–water partition coefficient (Wildman–Crippen LogP) is 4.59. The zero-order valence-electron chi connectivity index (χ0n) is 17.4. The Hall–Kier alpha value is -2.77. The van der Waals surface area contributed by atoms with Gasteiger partial charge in [0.15, 0.2) is 5.76 Å². The Kier molecular flexibility index (Phi) is 6.94. The Labute approximate surface area is 190 Å². The number of amides is 1. The van der Waals surface area contributed by atoms with Crippen LogP contribution < -0.4 is 9.47 Å². The van der Waals surface area contributed by atoms with E-state index in [1.165, 1.54) is 5.56 Å². The minimum absolute atomic E-state index is 0.0729. The number of carbonyl (C=O) groups excluding carboxylic acids is 1. The van der Waals surface area contributed by atoms with Crippen LogP contribution in [0.2, 0.25) is 0 Å². The number of benzene rings is 2. The number of methoxy groups -OCH3 is 1. The molecule has 0 saturated carbocycles. The summed E-state index contributed by atoms with van der Waals surface area (Å²) in [7, 11) is 1.62. The van der Waals surface area contributed by atoms with Crippen molar-refractivity contribution in [3.63, 3.8) is 0 Å². The third-order valence-corrected chi connectivity index (χ3v) is 6.10. The van der Waals surface area contributed by atoms with Gasteiger partial charge < -0.3 is 18.8 Å². The van der Waals surface area contributed by atoms with E-state index in [9.17, 15) is 4.79 Å². The van der Waals surface area contributed by atoms with Crippen LogP contribution in [0.25, 0.3) is 0 Å². The molecule has 3 aromatic rings. The average molecular weight is 485 g/mol. The molecule has 0 N–H and O–H groups in total. The topological polar surface area (TPSA) is 55.2 Å². The van der Waals surface area contributed by atoms with Gasteiger partial charge in [0.25, 0.3) is 5.91 Å². The highest BCUT2D eigenvalue weighted by atomic mass is 79.9. The quantitative estimate of drug-likeness (QED) is 0.490. The fourth-order valence-corrected chi connectivity index (χ4v) is 3.94. The van der Waals surface area contributed by atoms with Gasteiger partial charge in [0.1, 0.15) is 23.9 Å². The second kappa shape index (κ2) is 10.0. The number of nitrogens with zero attached hydrogens (tertiary/aromatic N) is 2. The molecule has 0 radical (unpaired) electrons. The monoisotopic (exact) mass is 484 g/mol. The molecule has 6 nitrogen and oxygen atoms in total. The first kappa shape index (κ1) is 21.5. The maximum atomic E-state index is 12.8. The lowest BCUT2D eigenvalue weighted by Crippen LogP contribution is -2.48. The molecule has 0 bridgehead atoms. The minimum Gasteiger partial charge on any atom is -0.497 e. The summed E-state index contributed by atoms with van der Waals surface area (Å²) in [6, 6.07) is 19.1. The van der Waals surface area contributed by atoms with Crippen molar-refractivity contribution in [2.45, 2.75) is 13.2 Å². The fourth-order valence-electron chi connectivity index (χ4n) is 3.53. The molecule has 162 valence electrons. The summed E-state index contributed by atoms with van der Waals surface area (Å²) in [6.45, 7) is 4.17. The van der Waals surface area contributed by atoms with Gasteiger partial charge in [0, 0.05) is 37.2 Å². The van der Waals surface area contributed by atoms with Crippen molar-refractivity contribution in [1.82, 2.24) is 9.80 Å². The lowest BCUT2D eigenvalue weighted by Gasteiger charge is -2.34. The van der Waals surface area contributed by atoms with Gasteiger partial charge in [-0.05, 0) is 48.0 Å². The number of ether oxygens (including phenoxy) is 2. The highest BCUT2D eigenvalue weighted by Crippen LogP contribution is 2.21. The van der Waals surface area contributed by atoms with E-state index in [2.05, 4.69) is 33.0 Å². The van der Waals surface area contributed by atoms with Crippen LogP contribution in [0.3, 0.4) is 0 Å². The van der Waals surface area contributed by atoms with E-state index < -0.39 is 0 Å². The molecular weight excluding hydrogens is 460 g/mol. The van der Waals surface area contributed by atoms with Gasteiger partial charge in [-0.1, -0.05) is 34.1 Å². The SMILES string of the molecule is COc1ccc(OCc2ccc(C(=O)N3CCN(Cc4ccccc4Br)CC3)o2)cc1. The Morgan fingerprint density at radius 2 is 1.68 bits per heavy atom. The van der Waals surface area contributed by atoms with Crippen LogP contribution in [-0.2, 0) is 13.2 Å². The summed E-state index contributed by atoms with van der Waals surface area (Å²) in [5, 5.41) is 0. The molecule has 1 fully saturated rings. The zero-order valence-corrected chi connectivity index (χ0v) is 19.0. The summed E-state index contributed by atoms with van der Waals surface area (Å²) >= 11 is 3.61. The van der Waals surface area contributed by atoms with E-state index in [0.717, 1.165) is 29.9 Å². The number of halogens is 1. The molecule has 1 aliphatic rings. The second-order valence-electron chi connectivity index (χ2n) is 7.39. The number of piperazine rings is 1. The van der Waals surface area contributed by atoms with Gasteiger partial charge in [-0.2, -0.15) is 0 Å². The minimum atomic E-state index is -0.0729. The summed E-state index contributed by atoms with van der Waals surface area (Å²) in [6.07, 6.45) is 0. The van der Waals surface area contributed by atoms with Crippen molar-refractivity contribution in [1.29, 1.82) is 0 Å². The fraction of sp³-hybridized carbons (Fsp3) is 0.292. The van der Waals surface area contributed by atoms with Crippen LogP contribution in [0.4, 0.5) is 0 Å². The van der Waals surface area contributed by atoms with Crippen molar-refractivity contribution in [2.24, 2.45) is 0 Å². The molecule has 1 amide bonds. The van der Waals surface area contributed by atoms with Crippen molar-refractivity contribution < 1.29 is 18.7 Å². The molecule has 0 aliphatic carbocycles. The number of rotatable bonds is 7. The van der Waals surface area contributed by atoms with Crippen LogP contribution >= 0.6 is 15.9 Å². The standard InChI is InChI=1S/C24H25BrN2O4/c1-29-19-6-8-20(9-7-19)30-17-21-10-11-23(31-21)24(28)27-14-12-26(13-15-27)16-18-4-2-3-5-22(18)25/h2-11H,12-17H2,1H3. The Morgan fingerprint density at radius 3 is 2.39 bits per heavy atom. The van der Waals surface area contributed by atoms with Crippen LogP contribution in [0.5, 0.6) is 11.5 Å². The Bertz CT molecular complexity index is 1010. The number of hydrogen-bond donors (Lipinski definition) is 0. The molecule has 1 saturated heterocycles. The second-order valence-corrected chi connectivity index (χ2v) is 8.24. The molecule has 1 aliphatic heterocycles. The molecule has 0 atom stereocenters. The molecule has 0 unspecified atom stereocenters. The lowest BCUT2D eigenvalue weighted by molar-refractivity contribution is 0.0594. The van der Waals surface area contributed by atoms with E-state index in [0.29, 0.717) is 30.4 Å². The van der Waals surface area contributed by atoms with Gasteiger partial charge in [0.05, 0.1) is 7.11 Å². The average Bonchev–Trinajstić information content (AvgIpc) is 3.29. The first-order valence-corrected chi connectivity index (χ1v) is 11.0. The maximum Gasteiger partial charge on any atom is 0.289 e. The summed E-state index contributed by atoms with van der Waals surface area (Å²) in [5.41, 5.74) is 1.26. The molecule has 0 spiro atoms. The van der Waals surface area contributed by atoms with Crippen molar-refractivity contribution in [2.75, 3.05) is 33.3 Å². The number of furan rings is 1. The van der Waals surface area contributed by atoms with E-state index in [1.807, 2.05) is 41.3 Å². The maximum absolute atomic E-state index is 12.8. The highest BCUT2D eigenvalue weighted by Gasteiger charge is 2.24. The predicted molar refractivity (Wildman–Crippen MR) is 121 cm³/mol. The van der Waals surface area contributed by atoms with Gasteiger partial charge in [-0.3, -0.25) is 9.69 Å². The lowest BCUT2D eigenvalue weighted by atomic mass is 10.2. The first-order chi connectivity index (χ1) is 15.1. The van der Waals surface area contributed by atoms with Gasteiger partial charge in [0.2, 0.25) is 0 Å².